The molecule has 4 rings (SSSR count). The van der Waals surface area contributed by atoms with Crippen LogP contribution < -0.4 is 4.74 Å². The van der Waals surface area contributed by atoms with Crippen LogP contribution in [0.2, 0.25) is 0 Å². The van der Waals surface area contributed by atoms with E-state index in [-0.39, 0.29) is 36.3 Å². The summed E-state index contributed by atoms with van der Waals surface area (Å²) in [6, 6.07) is 22.4. The van der Waals surface area contributed by atoms with Crippen LogP contribution in [0, 0.1) is 0 Å². The number of benzene rings is 3. The number of ether oxygens (including phenoxy) is 2. The molecule has 0 radical (unpaired) electrons. The Morgan fingerprint density at radius 1 is 1.03 bits per heavy atom. The van der Waals surface area contributed by atoms with E-state index in [1.807, 2.05) is 61.5 Å². The number of hydrogen-bond donors (Lipinski definition) is 2. The van der Waals surface area contributed by atoms with Crippen molar-refractivity contribution in [1.82, 2.24) is 4.90 Å². The van der Waals surface area contributed by atoms with Crippen molar-refractivity contribution >= 4 is 6.09 Å². The number of phenols is 2. The monoisotopic (exact) mass is 419 g/mol. The van der Waals surface area contributed by atoms with Gasteiger partial charge in [0.15, 0.2) is 17.6 Å². The second-order valence-electron chi connectivity index (χ2n) is 7.71. The fourth-order valence-electron chi connectivity index (χ4n) is 3.77. The standard InChI is InChI=1S/C25H25NO5/c1-17(13-18-11-12-22(27)23(28)14-18)26-15-20(31-25(26)29)16-30-24-10-6-5-9-21(24)19-7-3-2-4-8-19/h2-12,14,17,20,27-28H,13,15-16H2,1H3/t17-,20+/m1/s1. The number of carbonyl (C=O) groups excluding carboxylic acids is 1. The van der Waals surface area contributed by atoms with E-state index >= 15 is 0 Å². The molecular formula is C25H25NO5. The number of carbonyl (C=O) groups is 1. The Balaban J connectivity index is 1.38. The summed E-state index contributed by atoms with van der Waals surface area (Å²) in [6.07, 6.45) is -0.208. The second-order valence-corrected chi connectivity index (χ2v) is 7.71. The quantitative estimate of drug-likeness (QED) is 0.548. The van der Waals surface area contributed by atoms with Gasteiger partial charge in [-0.1, -0.05) is 54.6 Å². The maximum Gasteiger partial charge on any atom is 0.410 e. The van der Waals surface area contributed by atoms with Crippen molar-refractivity contribution in [2.45, 2.75) is 25.5 Å². The van der Waals surface area contributed by atoms with Crippen LogP contribution in [-0.2, 0) is 11.2 Å². The van der Waals surface area contributed by atoms with Crippen molar-refractivity contribution in [2.24, 2.45) is 0 Å². The van der Waals surface area contributed by atoms with E-state index < -0.39 is 0 Å². The molecule has 0 aromatic heterocycles. The highest BCUT2D eigenvalue weighted by molar-refractivity contribution is 5.71. The normalized spacial score (nSPS) is 16.7. The molecule has 1 aliphatic heterocycles. The summed E-state index contributed by atoms with van der Waals surface area (Å²) in [5.74, 6) is 0.415. The topological polar surface area (TPSA) is 79.2 Å². The molecule has 1 saturated heterocycles. The minimum Gasteiger partial charge on any atom is -0.504 e. The van der Waals surface area contributed by atoms with Gasteiger partial charge in [-0.15, -0.1) is 0 Å². The molecule has 0 aliphatic carbocycles. The summed E-state index contributed by atoms with van der Waals surface area (Å²) in [6.45, 7) is 2.62. The van der Waals surface area contributed by atoms with Gasteiger partial charge in [-0.05, 0) is 42.7 Å². The minimum atomic E-state index is -0.375. The summed E-state index contributed by atoms with van der Waals surface area (Å²) in [5.41, 5.74) is 2.88. The molecular weight excluding hydrogens is 394 g/mol. The molecule has 6 nitrogen and oxygen atoms in total. The molecule has 1 fully saturated rings. The number of hydrogen-bond acceptors (Lipinski definition) is 5. The van der Waals surface area contributed by atoms with Crippen molar-refractivity contribution in [1.29, 1.82) is 0 Å². The lowest BCUT2D eigenvalue weighted by Gasteiger charge is -2.22. The highest BCUT2D eigenvalue weighted by Crippen LogP contribution is 2.30. The van der Waals surface area contributed by atoms with E-state index in [4.69, 9.17) is 9.47 Å². The molecule has 0 bridgehead atoms. The first-order chi connectivity index (χ1) is 15.0. The zero-order valence-electron chi connectivity index (χ0n) is 17.3. The maximum atomic E-state index is 12.4. The van der Waals surface area contributed by atoms with Gasteiger partial charge >= 0.3 is 6.09 Å². The molecule has 2 N–H and O–H groups in total. The van der Waals surface area contributed by atoms with E-state index in [2.05, 4.69) is 0 Å². The van der Waals surface area contributed by atoms with Gasteiger partial charge in [-0.2, -0.15) is 0 Å². The van der Waals surface area contributed by atoms with E-state index in [9.17, 15) is 15.0 Å². The lowest BCUT2D eigenvalue weighted by Crippen LogP contribution is -2.36. The predicted octanol–water partition coefficient (Wildman–Crippen LogP) is 4.60. The first-order valence-corrected chi connectivity index (χ1v) is 10.3. The molecule has 3 aromatic carbocycles. The average molecular weight is 419 g/mol. The van der Waals surface area contributed by atoms with Crippen molar-refractivity contribution in [3.05, 3.63) is 78.4 Å². The van der Waals surface area contributed by atoms with Gasteiger partial charge in [0.05, 0.1) is 6.54 Å². The average Bonchev–Trinajstić information content (AvgIpc) is 3.16. The van der Waals surface area contributed by atoms with Crippen molar-refractivity contribution in [2.75, 3.05) is 13.2 Å². The van der Waals surface area contributed by atoms with Crippen LogP contribution in [0.3, 0.4) is 0 Å². The van der Waals surface area contributed by atoms with Crippen LogP contribution in [-0.4, -0.2) is 46.5 Å². The van der Waals surface area contributed by atoms with E-state index in [1.54, 1.807) is 11.0 Å². The van der Waals surface area contributed by atoms with Gasteiger partial charge in [-0.25, -0.2) is 4.79 Å². The zero-order chi connectivity index (χ0) is 21.8. The molecule has 0 spiro atoms. The number of rotatable bonds is 7. The summed E-state index contributed by atoms with van der Waals surface area (Å²) in [7, 11) is 0. The van der Waals surface area contributed by atoms with Crippen LogP contribution in [0.15, 0.2) is 72.8 Å². The Kier molecular flexibility index (Phi) is 5.98. The summed E-state index contributed by atoms with van der Waals surface area (Å²) in [5, 5.41) is 19.1. The van der Waals surface area contributed by atoms with Crippen LogP contribution in [0.25, 0.3) is 11.1 Å². The fraction of sp³-hybridized carbons (Fsp3) is 0.240. The van der Waals surface area contributed by atoms with E-state index in [1.165, 1.54) is 12.1 Å². The Morgan fingerprint density at radius 2 is 1.77 bits per heavy atom. The minimum absolute atomic E-state index is 0.127. The van der Waals surface area contributed by atoms with Gasteiger partial charge in [0.1, 0.15) is 12.4 Å². The van der Waals surface area contributed by atoms with Crippen LogP contribution in [0.1, 0.15) is 12.5 Å². The van der Waals surface area contributed by atoms with Crippen LogP contribution >= 0.6 is 0 Å². The Bertz CT molecular complexity index is 1050. The summed E-state index contributed by atoms with van der Waals surface area (Å²) < 4.78 is 11.5. The highest BCUT2D eigenvalue weighted by atomic mass is 16.6. The SMILES string of the molecule is C[C@H](Cc1ccc(O)c(O)c1)N1C[C@@H](COc2ccccc2-c2ccccc2)OC1=O. The van der Waals surface area contributed by atoms with Crippen LogP contribution in [0.4, 0.5) is 4.79 Å². The number of nitrogens with zero attached hydrogens (tertiary/aromatic N) is 1. The molecule has 31 heavy (non-hydrogen) atoms. The summed E-state index contributed by atoms with van der Waals surface area (Å²) in [4.78, 5) is 14.1. The number of cyclic esters (lactones) is 1. The van der Waals surface area contributed by atoms with Gasteiger partial charge in [-0.3, -0.25) is 0 Å². The number of para-hydroxylation sites is 1. The third-order valence-corrected chi connectivity index (χ3v) is 5.40. The third kappa shape index (κ3) is 4.74. The lowest BCUT2D eigenvalue weighted by molar-refractivity contribution is 0.102. The van der Waals surface area contributed by atoms with Crippen molar-refractivity contribution in [3.8, 4) is 28.4 Å². The Hall–Kier alpha value is -3.67. The molecule has 2 atom stereocenters. The number of phenolic OH excluding ortho intramolecular Hbond substituents is 2. The van der Waals surface area contributed by atoms with Crippen molar-refractivity contribution in [3.63, 3.8) is 0 Å². The molecule has 0 unspecified atom stereocenters. The van der Waals surface area contributed by atoms with E-state index in [0.717, 1.165) is 22.4 Å². The van der Waals surface area contributed by atoms with Gasteiger partial charge in [0.25, 0.3) is 0 Å². The Morgan fingerprint density at radius 3 is 2.55 bits per heavy atom. The Labute approximate surface area is 181 Å². The fourth-order valence-corrected chi connectivity index (χ4v) is 3.77. The second kappa shape index (κ2) is 9.00. The highest BCUT2D eigenvalue weighted by Gasteiger charge is 2.35. The van der Waals surface area contributed by atoms with E-state index in [0.29, 0.717) is 13.0 Å². The third-order valence-electron chi connectivity index (χ3n) is 5.40. The smallest absolute Gasteiger partial charge is 0.410 e. The maximum absolute atomic E-state index is 12.4. The molecule has 3 aromatic rings. The largest absolute Gasteiger partial charge is 0.504 e. The lowest BCUT2D eigenvalue weighted by atomic mass is 10.0. The van der Waals surface area contributed by atoms with Crippen LogP contribution in [0.5, 0.6) is 17.2 Å². The predicted molar refractivity (Wildman–Crippen MR) is 117 cm³/mol. The van der Waals surface area contributed by atoms with Gasteiger partial charge < -0.3 is 24.6 Å². The zero-order valence-corrected chi connectivity index (χ0v) is 17.3. The first kappa shape index (κ1) is 20.6. The van der Waals surface area contributed by atoms with Gasteiger partial charge in [0.2, 0.25) is 0 Å². The molecule has 160 valence electrons. The first-order valence-electron chi connectivity index (χ1n) is 10.3. The molecule has 1 aliphatic rings. The molecule has 1 amide bonds. The van der Waals surface area contributed by atoms with Gasteiger partial charge in [0, 0.05) is 11.6 Å². The number of amides is 1. The molecule has 1 heterocycles. The van der Waals surface area contributed by atoms with Crippen molar-refractivity contribution < 1.29 is 24.5 Å². The summed E-state index contributed by atoms with van der Waals surface area (Å²) >= 11 is 0. The number of aromatic hydroxyl groups is 2. The molecule has 0 saturated carbocycles. The molecule has 6 heteroatoms.